The largest absolute Gasteiger partial charge is 0.489 e. The topological polar surface area (TPSA) is 113 Å². The van der Waals surface area contributed by atoms with Gasteiger partial charge in [0, 0.05) is 53.7 Å². The number of para-hydroxylation sites is 1. The number of aromatic nitrogens is 1. The van der Waals surface area contributed by atoms with E-state index >= 15 is 0 Å². The Bertz CT molecular complexity index is 1120. The third-order valence-corrected chi connectivity index (χ3v) is 5.67. The van der Waals surface area contributed by atoms with Gasteiger partial charge >= 0.3 is 0 Å². The Kier molecular flexibility index (Phi) is 6.63. The zero-order chi connectivity index (χ0) is 22.5. The number of hydrogen-bond donors (Lipinski definition) is 4. The molecule has 8 nitrogen and oxygen atoms in total. The van der Waals surface area contributed by atoms with Gasteiger partial charge in [-0.2, -0.15) is 0 Å². The first-order valence-electron chi connectivity index (χ1n) is 10.6. The predicted molar refractivity (Wildman–Crippen MR) is 119 cm³/mol. The Morgan fingerprint density at radius 1 is 1.16 bits per heavy atom. The summed E-state index contributed by atoms with van der Waals surface area (Å²) in [4.78, 5) is 28.6. The van der Waals surface area contributed by atoms with Gasteiger partial charge in [-0.1, -0.05) is 18.2 Å². The monoisotopic (exact) mass is 434 g/mol. The van der Waals surface area contributed by atoms with Crippen LogP contribution in [0.1, 0.15) is 28.0 Å². The lowest BCUT2D eigenvalue weighted by atomic mass is 9.99. The Balaban J connectivity index is 1.37. The van der Waals surface area contributed by atoms with Crippen LogP contribution in [-0.2, 0) is 11.4 Å². The lowest BCUT2D eigenvalue weighted by molar-refractivity contribution is -0.130. The molecule has 1 aromatic heterocycles. The van der Waals surface area contributed by atoms with E-state index < -0.39 is 5.91 Å². The maximum atomic E-state index is 12.6. The van der Waals surface area contributed by atoms with Gasteiger partial charge in [-0.25, -0.2) is 5.48 Å². The second kappa shape index (κ2) is 9.76. The number of nitrogens with one attached hydrogen (secondary N) is 3. The molecule has 4 rings (SSSR count). The van der Waals surface area contributed by atoms with E-state index in [1.807, 2.05) is 37.3 Å². The van der Waals surface area contributed by atoms with Crippen LogP contribution in [0.4, 0.5) is 0 Å². The Morgan fingerprint density at radius 3 is 2.72 bits per heavy atom. The number of carbonyl (C=O) groups is 2. The highest BCUT2D eigenvalue weighted by Gasteiger charge is 2.30. The third-order valence-electron chi connectivity index (χ3n) is 5.67. The van der Waals surface area contributed by atoms with Crippen LogP contribution >= 0.6 is 0 Å². The minimum atomic E-state index is -0.461. The van der Waals surface area contributed by atoms with Crippen molar-refractivity contribution in [2.24, 2.45) is 5.92 Å². The van der Waals surface area contributed by atoms with Gasteiger partial charge in [0.2, 0.25) is 5.91 Å². The Morgan fingerprint density at radius 2 is 1.94 bits per heavy atom. The van der Waals surface area contributed by atoms with Gasteiger partial charge in [-0.05, 0) is 43.3 Å². The van der Waals surface area contributed by atoms with E-state index in [9.17, 15) is 9.59 Å². The number of pyridine rings is 1. The van der Waals surface area contributed by atoms with Crippen LogP contribution in [0.5, 0.6) is 5.75 Å². The smallest absolute Gasteiger partial charge is 0.251 e. The van der Waals surface area contributed by atoms with Crippen molar-refractivity contribution in [2.75, 3.05) is 13.1 Å². The Hall–Kier alpha value is -3.49. The minimum absolute atomic E-state index is 0.0765. The molecule has 2 aromatic carbocycles. The van der Waals surface area contributed by atoms with Crippen LogP contribution in [0.2, 0.25) is 0 Å². The average Bonchev–Trinajstić information content (AvgIpc) is 3.23. The van der Waals surface area contributed by atoms with Crippen molar-refractivity contribution in [3.05, 3.63) is 71.4 Å². The van der Waals surface area contributed by atoms with E-state index in [0.717, 1.165) is 22.2 Å². The van der Waals surface area contributed by atoms with Crippen LogP contribution in [0, 0.1) is 12.8 Å². The first-order valence-corrected chi connectivity index (χ1v) is 10.6. The molecule has 2 amide bonds. The van der Waals surface area contributed by atoms with Gasteiger partial charge in [-0.15, -0.1) is 0 Å². The number of fused-ring (bicyclic) bond motifs is 1. The lowest BCUT2D eigenvalue weighted by Crippen LogP contribution is -2.41. The molecular weight excluding hydrogens is 408 g/mol. The second-order valence-electron chi connectivity index (χ2n) is 7.99. The van der Waals surface area contributed by atoms with Crippen LogP contribution in [-0.4, -0.2) is 41.1 Å². The number of hydrogen-bond acceptors (Lipinski definition) is 6. The molecule has 2 heterocycles. The quantitative estimate of drug-likeness (QED) is 0.335. The summed E-state index contributed by atoms with van der Waals surface area (Å²) in [6, 6.07) is 16.8. The molecule has 0 radical (unpaired) electrons. The van der Waals surface area contributed by atoms with Crippen LogP contribution < -0.4 is 20.9 Å². The summed E-state index contributed by atoms with van der Waals surface area (Å²) in [6.07, 6.45) is 0.143. The van der Waals surface area contributed by atoms with Crippen molar-refractivity contribution in [3.8, 4) is 5.75 Å². The van der Waals surface area contributed by atoms with Crippen molar-refractivity contribution in [1.29, 1.82) is 0 Å². The molecule has 32 heavy (non-hydrogen) atoms. The fourth-order valence-electron chi connectivity index (χ4n) is 4.03. The molecule has 3 aromatic rings. The number of aryl methyl sites for hydroxylation is 1. The molecule has 1 fully saturated rings. The van der Waals surface area contributed by atoms with Crippen molar-refractivity contribution < 1.29 is 19.5 Å². The van der Waals surface area contributed by atoms with Crippen molar-refractivity contribution in [2.45, 2.75) is 26.0 Å². The SMILES string of the molecule is Cc1cc(COc2ccc(C(=O)N[C@@H]3CNC[C@@H]3CC(=O)NO)cc2)c2ccccc2n1. The van der Waals surface area contributed by atoms with E-state index in [1.54, 1.807) is 29.7 Å². The molecule has 8 heteroatoms. The maximum Gasteiger partial charge on any atom is 0.251 e. The molecule has 0 bridgehead atoms. The molecule has 0 aliphatic carbocycles. The van der Waals surface area contributed by atoms with E-state index in [4.69, 9.17) is 9.94 Å². The van der Waals surface area contributed by atoms with E-state index in [2.05, 4.69) is 15.6 Å². The molecule has 1 saturated heterocycles. The first kappa shape index (κ1) is 21.7. The van der Waals surface area contributed by atoms with Crippen LogP contribution in [0.3, 0.4) is 0 Å². The molecule has 1 aliphatic rings. The highest BCUT2D eigenvalue weighted by Crippen LogP contribution is 2.21. The summed E-state index contributed by atoms with van der Waals surface area (Å²) >= 11 is 0. The van der Waals surface area contributed by atoms with Crippen molar-refractivity contribution >= 4 is 22.7 Å². The maximum absolute atomic E-state index is 12.6. The van der Waals surface area contributed by atoms with E-state index in [0.29, 0.717) is 31.0 Å². The zero-order valence-corrected chi connectivity index (χ0v) is 17.8. The van der Waals surface area contributed by atoms with Gasteiger partial charge in [0.05, 0.1) is 5.52 Å². The number of hydroxylamine groups is 1. The second-order valence-corrected chi connectivity index (χ2v) is 7.99. The minimum Gasteiger partial charge on any atom is -0.489 e. The molecular formula is C24H26N4O4. The number of carbonyl (C=O) groups excluding carboxylic acids is 2. The average molecular weight is 434 g/mol. The lowest BCUT2D eigenvalue weighted by Gasteiger charge is -2.19. The van der Waals surface area contributed by atoms with Crippen LogP contribution in [0.15, 0.2) is 54.6 Å². The fraction of sp³-hybridized carbons (Fsp3) is 0.292. The molecule has 2 atom stereocenters. The summed E-state index contributed by atoms with van der Waals surface area (Å²) in [5.41, 5.74) is 5.09. The summed E-state index contributed by atoms with van der Waals surface area (Å²) in [5, 5.41) is 15.9. The number of ether oxygens (including phenoxy) is 1. The van der Waals surface area contributed by atoms with E-state index in [1.165, 1.54) is 0 Å². The molecule has 1 aliphatic heterocycles. The van der Waals surface area contributed by atoms with E-state index in [-0.39, 0.29) is 24.3 Å². The highest BCUT2D eigenvalue weighted by molar-refractivity contribution is 5.94. The molecule has 0 saturated carbocycles. The summed E-state index contributed by atoms with van der Waals surface area (Å²) in [7, 11) is 0. The van der Waals surface area contributed by atoms with Gasteiger partial charge in [-0.3, -0.25) is 19.8 Å². The standard InChI is InChI=1S/C24H26N4O4/c1-15-10-18(20-4-2-3-5-21(20)26-15)14-32-19-8-6-16(7-9-19)24(30)27-22-13-25-12-17(22)11-23(29)28-31/h2-10,17,22,25,31H,11-14H2,1H3,(H,27,30)(H,28,29)/t17-,22+/m0/s1. The van der Waals surface area contributed by atoms with Gasteiger partial charge in [0.15, 0.2) is 0 Å². The number of benzene rings is 2. The molecule has 0 spiro atoms. The predicted octanol–water partition coefficient (Wildman–Crippen LogP) is 2.34. The Labute approximate surface area is 186 Å². The highest BCUT2D eigenvalue weighted by atomic mass is 16.5. The van der Waals surface area contributed by atoms with Crippen molar-refractivity contribution in [1.82, 2.24) is 21.1 Å². The molecule has 0 unspecified atom stereocenters. The van der Waals surface area contributed by atoms with Gasteiger partial charge < -0.3 is 15.4 Å². The summed E-state index contributed by atoms with van der Waals surface area (Å²) < 4.78 is 5.96. The number of rotatable bonds is 7. The molecule has 4 N–H and O–H groups in total. The van der Waals surface area contributed by atoms with Gasteiger partial charge in [0.25, 0.3) is 5.91 Å². The first-order chi connectivity index (χ1) is 15.5. The zero-order valence-electron chi connectivity index (χ0n) is 17.8. The normalized spacial score (nSPS) is 17.8. The number of amides is 2. The fourth-order valence-corrected chi connectivity index (χ4v) is 4.03. The van der Waals surface area contributed by atoms with Crippen molar-refractivity contribution in [3.63, 3.8) is 0 Å². The third kappa shape index (κ3) is 5.04. The number of nitrogens with zero attached hydrogens (tertiary/aromatic N) is 1. The summed E-state index contributed by atoms with van der Waals surface area (Å²) in [6.45, 7) is 3.55. The molecule has 166 valence electrons. The van der Waals surface area contributed by atoms with Crippen LogP contribution in [0.25, 0.3) is 10.9 Å². The summed E-state index contributed by atoms with van der Waals surface area (Å²) in [5.74, 6) is -0.0838. The van der Waals surface area contributed by atoms with Gasteiger partial charge in [0.1, 0.15) is 12.4 Å².